The van der Waals surface area contributed by atoms with Crippen molar-refractivity contribution in [1.29, 1.82) is 5.26 Å². The molecule has 0 saturated carbocycles. The number of rotatable bonds is 2. The molecule has 2 aromatic rings. The first-order valence-corrected chi connectivity index (χ1v) is 6.90. The third-order valence-corrected chi connectivity index (χ3v) is 4.32. The average molecular weight is 271 g/mol. The summed E-state index contributed by atoms with van der Waals surface area (Å²) in [5.74, 6) is 0.701. The number of hydrogen-bond acceptors (Lipinski definition) is 5. The first-order valence-electron chi connectivity index (χ1n) is 6.08. The van der Waals surface area contributed by atoms with Crippen molar-refractivity contribution >= 4 is 22.6 Å². The van der Waals surface area contributed by atoms with Gasteiger partial charge in [0.25, 0.3) is 0 Å². The molecule has 0 spiro atoms. The molecule has 4 nitrogen and oxygen atoms in total. The Morgan fingerprint density at radius 1 is 1.58 bits per heavy atom. The van der Waals surface area contributed by atoms with Crippen LogP contribution in [0.15, 0.2) is 27.8 Å². The van der Waals surface area contributed by atoms with Gasteiger partial charge in [-0.2, -0.15) is 5.26 Å². The molecule has 5 heteroatoms. The molecule has 1 aliphatic rings. The van der Waals surface area contributed by atoms with E-state index in [1.165, 1.54) is 10.4 Å². The molecule has 0 N–H and O–H groups in total. The van der Waals surface area contributed by atoms with Crippen LogP contribution >= 0.6 is 11.3 Å². The van der Waals surface area contributed by atoms with Gasteiger partial charge < -0.3 is 9.32 Å². The molecular weight excluding hydrogens is 258 g/mol. The normalized spacial score (nSPS) is 15.6. The highest BCUT2D eigenvalue weighted by Crippen LogP contribution is 2.38. The number of hydrogen-bond donors (Lipinski definition) is 0. The topological polar surface area (TPSA) is 52.5 Å². The Balaban J connectivity index is 1.96. The van der Waals surface area contributed by atoms with Crippen molar-refractivity contribution in [2.24, 2.45) is 4.99 Å². The van der Waals surface area contributed by atoms with Gasteiger partial charge in [-0.3, -0.25) is 0 Å². The van der Waals surface area contributed by atoms with Gasteiger partial charge in [-0.25, -0.2) is 4.99 Å². The lowest BCUT2D eigenvalue weighted by atomic mass is 10.0. The van der Waals surface area contributed by atoms with Gasteiger partial charge in [0.1, 0.15) is 16.8 Å². The van der Waals surface area contributed by atoms with Gasteiger partial charge in [-0.15, -0.1) is 11.3 Å². The molecule has 19 heavy (non-hydrogen) atoms. The van der Waals surface area contributed by atoms with E-state index in [1.807, 2.05) is 12.1 Å². The molecular formula is C14H13N3OS. The van der Waals surface area contributed by atoms with E-state index in [0.717, 1.165) is 30.1 Å². The molecule has 0 saturated heterocycles. The molecule has 0 fully saturated rings. The van der Waals surface area contributed by atoms with E-state index >= 15 is 0 Å². The Kier molecular flexibility index (Phi) is 3.20. The highest BCUT2D eigenvalue weighted by atomic mass is 32.1. The van der Waals surface area contributed by atoms with Crippen LogP contribution in [-0.2, 0) is 13.0 Å². The van der Waals surface area contributed by atoms with Crippen molar-refractivity contribution in [2.75, 3.05) is 13.6 Å². The summed E-state index contributed by atoms with van der Waals surface area (Å²) in [5.41, 5.74) is 1.91. The van der Waals surface area contributed by atoms with Crippen LogP contribution in [0.3, 0.4) is 0 Å². The standard InChI is InChI=1S/C14H13N3OS/c1-17-5-4-11-12(7-15)14(19-13(11)9-17)16-8-10-3-2-6-18-10/h2-3,6,8H,4-5,9H2,1H3/b16-8+. The highest BCUT2D eigenvalue weighted by Gasteiger charge is 2.22. The minimum atomic E-state index is 0.701. The SMILES string of the molecule is CN1CCc2c(sc(/N=C/c3ccco3)c2C#N)C1. The molecule has 96 valence electrons. The minimum Gasteiger partial charge on any atom is -0.463 e. The van der Waals surface area contributed by atoms with E-state index in [2.05, 4.69) is 23.0 Å². The van der Waals surface area contributed by atoms with Gasteiger partial charge in [-0.1, -0.05) is 0 Å². The number of fused-ring (bicyclic) bond motifs is 1. The summed E-state index contributed by atoms with van der Waals surface area (Å²) in [6, 6.07) is 5.96. The van der Waals surface area contributed by atoms with E-state index in [-0.39, 0.29) is 0 Å². The number of furan rings is 1. The second-order valence-corrected chi connectivity index (χ2v) is 5.64. The molecule has 0 amide bonds. The van der Waals surface area contributed by atoms with Crippen LogP contribution in [-0.4, -0.2) is 24.7 Å². The Bertz CT molecular complexity index is 649. The first kappa shape index (κ1) is 12.2. The quantitative estimate of drug-likeness (QED) is 0.789. The van der Waals surface area contributed by atoms with E-state index in [4.69, 9.17) is 4.42 Å². The molecule has 0 aromatic carbocycles. The van der Waals surface area contributed by atoms with Crippen molar-refractivity contribution < 1.29 is 4.42 Å². The zero-order valence-electron chi connectivity index (χ0n) is 10.6. The number of aliphatic imine (C=N–C) groups is 1. The lowest BCUT2D eigenvalue weighted by Crippen LogP contribution is -2.25. The maximum Gasteiger partial charge on any atom is 0.144 e. The zero-order valence-corrected chi connectivity index (χ0v) is 11.4. The Morgan fingerprint density at radius 2 is 2.47 bits per heavy atom. The summed E-state index contributed by atoms with van der Waals surface area (Å²) < 4.78 is 5.21. The van der Waals surface area contributed by atoms with Crippen LogP contribution in [0.25, 0.3) is 0 Å². The Labute approximate surface area is 115 Å². The van der Waals surface area contributed by atoms with Crippen LogP contribution < -0.4 is 0 Å². The van der Waals surface area contributed by atoms with Crippen molar-refractivity contribution in [2.45, 2.75) is 13.0 Å². The predicted octanol–water partition coefficient (Wildman–Crippen LogP) is 2.95. The largest absolute Gasteiger partial charge is 0.463 e. The number of nitriles is 1. The molecule has 1 aliphatic heterocycles. The summed E-state index contributed by atoms with van der Waals surface area (Å²) in [7, 11) is 2.10. The van der Waals surface area contributed by atoms with Gasteiger partial charge in [0.05, 0.1) is 18.0 Å². The van der Waals surface area contributed by atoms with Crippen molar-refractivity contribution in [3.05, 3.63) is 40.2 Å². The fourth-order valence-electron chi connectivity index (χ4n) is 2.21. The Morgan fingerprint density at radius 3 is 3.21 bits per heavy atom. The van der Waals surface area contributed by atoms with E-state index in [1.54, 1.807) is 23.8 Å². The van der Waals surface area contributed by atoms with Crippen LogP contribution in [0, 0.1) is 11.3 Å². The summed E-state index contributed by atoms with van der Waals surface area (Å²) in [6.07, 6.45) is 4.21. The number of thiophene rings is 1. The second-order valence-electron chi connectivity index (χ2n) is 4.56. The highest BCUT2D eigenvalue weighted by molar-refractivity contribution is 7.16. The van der Waals surface area contributed by atoms with Gasteiger partial charge in [0.15, 0.2) is 0 Å². The molecule has 0 aliphatic carbocycles. The van der Waals surface area contributed by atoms with Gasteiger partial charge in [0.2, 0.25) is 0 Å². The fraction of sp³-hybridized carbons (Fsp3) is 0.286. The summed E-state index contributed by atoms with van der Waals surface area (Å²) in [4.78, 5) is 7.93. The lowest BCUT2D eigenvalue weighted by Gasteiger charge is -2.21. The van der Waals surface area contributed by atoms with Crippen molar-refractivity contribution in [1.82, 2.24) is 4.90 Å². The molecule has 0 radical (unpaired) electrons. The van der Waals surface area contributed by atoms with Crippen LogP contribution in [0.5, 0.6) is 0 Å². The van der Waals surface area contributed by atoms with Crippen LogP contribution in [0.4, 0.5) is 5.00 Å². The first-order chi connectivity index (χ1) is 9.28. The van der Waals surface area contributed by atoms with Gasteiger partial charge in [-0.05, 0) is 31.2 Å². The summed E-state index contributed by atoms with van der Waals surface area (Å²) in [5, 5.41) is 10.1. The second kappa shape index (κ2) is 5.00. The van der Waals surface area contributed by atoms with Crippen LogP contribution in [0.1, 0.15) is 21.8 Å². The maximum atomic E-state index is 9.33. The van der Waals surface area contributed by atoms with E-state index < -0.39 is 0 Å². The fourth-order valence-corrected chi connectivity index (χ4v) is 3.43. The smallest absolute Gasteiger partial charge is 0.144 e. The van der Waals surface area contributed by atoms with E-state index in [9.17, 15) is 5.26 Å². The predicted molar refractivity (Wildman–Crippen MR) is 75.0 cm³/mol. The molecule has 0 bridgehead atoms. The zero-order chi connectivity index (χ0) is 13.2. The van der Waals surface area contributed by atoms with Crippen LogP contribution in [0.2, 0.25) is 0 Å². The molecule has 3 heterocycles. The monoisotopic (exact) mass is 271 g/mol. The third kappa shape index (κ3) is 2.33. The van der Waals surface area contributed by atoms with Gasteiger partial charge >= 0.3 is 0 Å². The number of nitrogens with zero attached hydrogens (tertiary/aromatic N) is 3. The molecule has 0 unspecified atom stereocenters. The molecule has 2 aromatic heterocycles. The number of likely N-dealkylation sites (N-methyl/N-ethyl adjacent to an activating group) is 1. The van der Waals surface area contributed by atoms with Crippen molar-refractivity contribution in [3.8, 4) is 6.07 Å². The van der Waals surface area contributed by atoms with Crippen molar-refractivity contribution in [3.63, 3.8) is 0 Å². The lowest BCUT2D eigenvalue weighted by molar-refractivity contribution is 0.317. The Hall–Kier alpha value is -1.90. The van der Waals surface area contributed by atoms with Gasteiger partial charge in [0, 0.05) is 18.0 Å². The average Bonchev–Trinajstić information content (AvgIpc) is 3.02. The minimum absolute atomic E-state index is 0.701. The molecule has 3 rings (SSSR count). The maximum absolute atomic E-state index is 9.33. The molecule has 0 atom stereocenters. The van der Waals surface area contributed by atoms with E-state index in [0.29, 0.717) is 5.76 Å². The summed E-state index contributed by atoms with van der Waals surface area (Å²) in [6.45, 7) is 1.91. The third-order valence-electron chi connectivity index (χ3n) is 3.19. The summed E-state index contributed by atoms with van der Waals surface area (Å²) >= 11 is 1.61.